The molecule has 0 aliphatic carbocycles. The van der Waals surface area contributed by atoms with Crippen molar-refractivity contribution in [3.63, 3.8) is 0 Å². The number of nitrogens with zero attached hydrogens (tertiary/aromatic N) is 4. The zero-order valence-corrected chi connectivity index (χ0v) is 17.9. The van der Waals surface area contributed by atoms with Crippen LogP contribution in [0.2, 0.25) is 5.02 Å². The molecule has 0 amide bonds. The highest BCUT2D eigenvalue weighted by molar-refractivity contribution is 6.30. The third kappa shape index (κ3) is 4.32. The molecule has 0 saturated heterocycles. The molecule has 8 heteroatoms. The summed E-state index contributed by atoms with van der Waals surface area (Å²) in [5.41, 5.74) is 2.23. The Morgan fingerprint density at radius 1 is 1.25 bits per heavy atom. The molecule has 1 aromatic carbocycles. The fourth-order valence-electron chi connectivity index (χ4n) is 3.49. The minimum Gasteiger partial charge on any atom is -0.483 e. The maximum absolute atomic E-state index is 13.9. The zero-order chi connectivity index (χ0) is 22.7. The van der Waals surface area contributed by atoms with Crippen LogP contribution in [0.3, 0.4) is 0 Å². The number of rotatable bonds is 7. The molecular weight excluding hydrogens is 431 g/mol. The number of halogens is 2. The molecule has 6 nitrogen and oxygen atoms in total. The maximum Gasteiger partial charge on any atom is 0.183 e. The molecule has 0 aliphatic heterocycles. The molecule has 0 radical (unpaired) electrons. The number of benzene rings is 1. The van der Waals surface area contributed by atoms with Crippen LogP contribution in [0.1, 0.15) is 39.8 Å². The minimum absolute atomic E-state index is 0.00298. The molecule has 1 atom stereocenters. The average molecular weight is 449 g/mol. The highest BCUT2D eigenvalue weighted by Gasteiger charge is 2.23. The van der Waals surface area contributed by atoms with Gasteiger partial charge in [-0.25, -0.2) is 9.37 Å². The van der Waals surface area contributed by atoms with Gasteiger partial charge in [0.25, 0.3) is 0 Å². The Kier molecular flexibility index (Phi) is 6.15. The Labute approximate surface area is 188 Å². The molecule has 1 unspecified atom stereocenters. The monoisotopic (exact) mass is 448 g/mol. The second-order valence-electron chi connectivity index (χ2n) is 7.19. The smallest absolute Gasteiger partial charge is 0.183 e. The van der Waals surface area contributed by atoms with Crippen LogP contribution >= 0.6 is 11.6 Å². The fourth-order valence-corrected chi connectivity index (χ4v) is 3.62. The summed E-state index contributed by atoms with van der Waals surface area (Å²) in [6.45, 7) is 1.65. The lowest BCUT2D eigenvalue weighted by molar-refractivity contribution is 0.0972. The number of ketones is 1. The summed E-state index contributed by atoms with van der Waals surface area (Å²) in [5.74, 6) is -0.894. The number of ether oxygens (including phenoxy) is 1. The average Bonchev–Trinajstić information content (AvgIpc) is 3.14. The lowest BCUT2D eigenvalue weighted by Gasteiger charge is -2.10. The first-order valence-corrected chi connectivity index (χ1v) is 10.2. The first kappa shape index (κ1) is 21.5. The number of aryl methyl sites for hydroxylation is 1. The van der Waals surface area contributed by atoms with Gasteiger partial charge in [-0.05, 0) is 48.9 Å². The van der Waals surface area contributed by atoms with E-state index < -0.39 is 11.7 Å². The van der Waals surface area contributed by atoms with E-state index in [4.69, 9.17) is 16.3 Å². The van der Waals surface area contributed by atoms with E-state index in [2.05, 4.69) is 16.0 Å². The summed E-state index contributed by atoms with van der Waals surface area (Å²) >= 11 is 5.92. The van der Waals surface area contributed by atoms with Gasteiger partial charge < -0.3 is 4.74 Å². The van der Waals surface area contributed by atoms with Crippen molar-refractivity contribution in [2.45, 2.75) is 25.9 Å². The zero-order valence-electron chi connectivity index (χ0n) is 17.1. The first-order valence-electron chi connectivity index (χ1n) is 9.86. The summed E-state index contributed by atoms with van der Waals surface area (Å²) in [7, 11) is 0. The number of carbonyl (C=O) groups excluding carboxylic acids is 1. The quantitative estimate of drug-likeness (QED) is 0.359. The number of pyridine rings is 2. The minimum atomic E-state index is -0.615. The van der Waals surface area contributed by atoms with Crippen LogP contribution in [-0.4, -0.2) is 20.2 Å². The number of carbonyl (C=O) groups is 1. The van der Waals surface area contributed by atoms with E-state index >= 15 is 0 Å². The van der Waals surface area contributed by atoms with Crippen molar-refractivity contribution in [1.29, 1.82) is 5.26 Å². The van der Waals surface area contributed by atoms with Crippen LogP contribution in [-0.2, 0) is 6.61 Å². The normalized spacial score (nSPS) is 11.8. The van der Waals surface area contributed by atoms with E-state index in [0.29, 0.717) is 27.8 Å². The third-order valence-electron chi connectivity index (χ3n) is 5.07. The van der Waals surface area contributed by atoms with Crippen molar-refractivity contribution in [3.8, 4) is 11.8 Å². The standard InChI is InChI=1S/C24H18ClFN4O2/c1-15-23(21(31)12-17(13-27)16-6-8-18(25)9-7-16)30-11-3-5-22(24(30)29-15)32-14-20-19(26)4-2-10-28-20/h2-11,17H,12,14H2,1H3. The van der Waals surface area contributed by atoms with E-state index in [1.807, 2.05) is 0 Å². The predicted molar refractivity (Wildman–Crippen MR) is 117 cm³/mol. The molecule has 0 fully saturated rings. The van der Waals surface area contributed by atoms with Crippen molar-refractivity contribution in [3.05, 3.63) is 94.4 Å². The van der Waals surface area contributed by atoms with Gasteiger partial charge in [0.05, 0.1) is 17.7 Å². The Morgan fingerprint density at radius 3 is 2.75 bits per heavy atom. The summed E-state index contributed by atoms with van der Waals surface area (Å²) in [4.78, 5) is 21.6. The highest BCUT2D eigenvalue weighted by Crippen LogP contribution is 2.27. The van der Waals surface area contributed by atoms with Gasteiger partial charge in [0.15, 0.2) is 17.2 Å². The molecule has 3 aromatic heterocycles. The van der Waals surface area contributed by atoms with E-state index in [1.165, 1.54) is 18.3 Å². The first-order chi connectivity index (χ1) is 15.5. The van der Waals surface area contributed by atoms with Gasteiger partial charge in [0.2, 0.25) is 0 Å². The Hall–Kier alpha value is -3.76. The maximum atomic E-state index is 13.9. The van der Waals surface area contributed by atoms with Gasteiger partial charge in [-0.3, -0.25) is 14.2 Å². The van der Waals surface area contributed by atoms with Gasteiger partial charge in [0, 0.05) is 23.8 Å². The van der Waals surface area contributed by atoms with Crippen molar-refractivity contribution in [2.75, 3.05) is 0 Å². The van der Waals surface area contributed by atoms with Crippen LogP contribution in [0, 0.1) is 24.1 Å². The number of fused-ring (bicyclic) bond motifs is 1. The second-order valence-corrected chi connectivity index (χ2v) is 7.63. The van der Waals surface area contributed by atoms with Crippen LogP contribution in [0.4, 0.5) is 4.39 Å². The number of nitriles is 1. The summed E-state index contributed by atoms with van der Waals surface area (Å²) in [6, 6.07) is 15.3. The number of aromatic nitrogens is 3. The van der Waals surface area contributed by atoms with E-state index in [1.54, 1.807) is 53.9 Å². The molecular formula is C24H18ClFN4O2. The molecule has 160 valence electrons. The van der Waals surface area contributed by atoms with Crippen LogP contribution in [0.5, 0.6) is 5.75 Å². The molecule has 0 saturated carbocycles. The van der Waals surface area contributed by atoms with Gasteiger partial charge in [-0.15, -0.1) is 0 Å². The van der Waals surface area contributed by atoms with E-state index in [9.17, 15) is 14.4 Å². The lowest BCUT2D eigenvalue weighted by atomic mass is 9.94. The van der Waals surface area contributed by atoms with Crippen molar-refractivity contribution >= 4 is 23.0 Å². The summed E-state index contributed by atoms with van der Waals surface area (Å²) in [5, 5.41) is 10.2. The van der Waals surface area contributed by atoms with Crippen molar-refractivity contribution in [2.24, 2.45) is 0 Å². The van der Waals surface area contributed by atoms with Gasteiger partial charge in [0.1, 0.15) is 23.8 Å². The predicted octanol–water partition coefficient (Wildman–Crippen LogP) is 5.29. The number of hydrogen-bond donors (Lipinski definition) is 0. The molecule has 32 heavy (non-hydrogen) atoms. The molecule has 0 aliphatic rings. The largest absolute Gasteiger partial charge is 0.483 e. The Balaban J connectivity index is 1.60. The summed E-state index contributed by atoms with van der Waals surface area (Å²) in [6.07, 6.45) is 3.20. The van der Waals surface area contributed by atoms with Gasteiger partial charge >= 0.3 is 0 Å². The van der Waals surface area contributed by atoms with Gasteiger partial charge in [-0.1, -0.05) is 23.7 Å². The Bertz CT molecular complexity index is 1330. The molecule has 0 bridgehead atoms. The third-order valence-corrected chi connectivity index (χ3v) is 5.32. The summed E-state index contributed by atoms with van der Waals surface area (Å²) < 4.78 is 21.2. The number of imidazole rings is 1. The van der Waals surface area contributed by atoms with E-state index in [-0.39, 0.29) is 24.5 Å². The second kappa shape index (κ2) is 9.16. The molecule has 0 N–H and O–H groups in total. The molecule has 0 spiro atoms. The topological polar surface area (TPSA) is 80.3 Å². The van der Waals surface area contributed by atoms with Gasteiger partial charge in [-0.2, -0.15) is 5.26 Å². The Morgan fingerprint density at radius 2 is 2.03 bits per heavy atom. The van der Waals surface area contributed by atoms with Crippen molar-refractivity contribution in [1.82, 2.24) is 14.4 Å². The van der Waals surface area contributed by atoms with Crippen LogP contribution in [0.25, 0.3) is 5.65 Å². The number of Topliss-reactive ketones (excluding diaryl/α,β-unsaturated/α-hetero) is 1. The molecule has 3 heterocycles. The van der Waals surface area contributed by atoms with E-state index in [0.717, 1.165) is 5.56 Å². The SMILES string of the molecule is Cc1nc2c(OCc3ncccc3F)cccn2c1C(=O)CC(C#N)c1ccc(Cl)cc1. The molecule has 4 aromatic rings. The van der Waals surface area contributed by atoms with Crippen LogP contribution in [0.15, 0.2) is 60.9 Å². The van der Waals surface area contributed by atoms with Crippen LogP contribution < -0.4 is 4.74 Å². The number of hydrogen-bond acceptors (Lipinski definition) is 5. The highest BCUT2D eigenvalue weighted by atomic mass is 35.5. The fraction of sp³-hybridized carbons (Fsp3) is 0.167. The lowest BCUT2D eigenvalue weighted by Crippen LogP contribution is -2.10. The van der Waals surface area contributed by atoms with Crippen molar-refractivity contribution < 1.29 is 13.9 Å². The molecule has 4 rings (SSSR count).